The van der Waals surface area contributed by atoms with E-state index >= 15 is 0 Å². The molecule has 1 rings (SSSR count). The minimum Gasteiger partial charge on any atom is -0.343 e. The van der Waals surface area contributed by atoms with Crippen LogP contribution in [0.1, 0.15) is 9.88 Å². The van der Waals surface area contributed by atoms with Crippen LogP contribution < -0.4 is 5.32 Å². The number of halogens is 3. The SMILES string of the molecule is Cc1ncc(CNC(=O)C(F)(F)F)s1. The number of aryl methyl sites for hydroxylation is 1. The first-order chi connectivity index (χ1) is 6.39. The van der Waals surface area contributed by atoms with Crippen LogP contribution in [0, 0.1) is 6.92 Å². The van der Waals surface area contributed by atoms with Crippen molar-refractivity contribution in [3.63, 3.8) is 0 Å². The second-order valence-electron chi connectivity index (χ2n) is 2.53. The Morgan fingerprint density at radius 3 is 2.71 bits per heavy atom. The maximum absolute atomic E-state index is 11.7. The maximum Gasteiger partial charge on any atom is 0.471 e. The molecule has 0 unspecified atom stereocenters. The highest BCUT2D eigenvalue weighted by atomic mass is 32.1. The van der Waals surface area contributed by atoms with Crippen LogP contribution in [0.4, 0.5) is 13.2 Å². The van der Waals surface area contributed by atoms with Gasteiger partial charge in [0.2, 0.25) is 0 Å². The van der Waals surface area contributed by atoms with Gasteiger partial charge in [-0.05, 0) is 6.92 Å². The molecule has 0 bridgehead atoms. The van der Waals surface area contributed by atoms with E-state index in [1.54, 1.807) is 12.2 Å². The summed E-state index contributed by atoms with van der Waals surface area (Å²) >= 11 is 1.25. The van der Waals surface area contributed by atoms with Crippen LogP contribution in [-0.4, -0.2) is 17.1 Å². The molecule has 1 aromatic rings. The van der Waals surface area contributed by atoms with Crippen molar-refractivity contribution in [3.05, 3.63) is 16.1 Å². The first-order valence-electron chi connectivity index (χ1n) is 3.66. The van der Waals surface area contributed by atoms with E-state index in [1.807, 2.05) is 0 Å². The standard InChI is InChI=1S/C7H7F3N2OS/c1-4-11-2-5(14-4)3-12-6(13)7(8,9)10/h2H,3H2,1H3,(H,12,13). The van der Waals surface area contributed by atoms with Crippen LogP contribution in [0.2, 0.25) is 0 Å². The zero-order valence-corrected chi connectivity index (χ0v) is 8.00. The number of thiazole rings is 1. The van der Waals surface area contributed by atoms with Gasteiger partial charge in [-0.3, -0.25) is 4.79 Å². The topological polar surface area (TPSA) is 42.0 Å². The number of nitrogens with one attached hydrogen (secondary N) is 1. The molecule has 3 nitrogen and oxygen atoms in total. The molecule has 7 heteroatoms. The molecule has 0 saturated heterocycles. The lowest BCUT2D eigenvalue weighted by Gasteiger charge is -2.05. The molecule has 78 valence electrons. The number of nitrogens with zero attached hydrogens (tertiary/aromatic N) is 1. The van der Waals surface area contributed by atoms with Gasteiger partial charge in [-0.2, -0.15) is 13.2 Å². The van der Waals surface area contributed by atoms with Crippen molar-refractivity contribution in [3.8, 4) is 0 Å². The maximum atomic E-state index is 11.7. The monoisotopic (exact) mass is 224 g/mol. The number of carbonyl (C=O) groups is 1. The molecule has 1 N–H and O–H groups in total. The smallest absolute Gasteiger partial charge is 0.343 e. The molecule has 1 heterocycles. The van der Waals surface area contributed by atoms with Gasteiger partial charge in [-0.15, -0.1) is 11.3 Å². The molecule has 1 aromatic heterocycles. The molecule has 0 radical (unpaired) electrons. The van der Waals surface area contributed by atoms with Crippen LogP contribution in [-0.2, 0) is 11.3 Å². The molecule has 0 aliphatic heterocycles. The predicted molar refractivity (Wildman–Crippen MR) is 44.8 cm³/mol. The van der Waals surface area contributed by atoms with Gasteiger partial charge in [0.1, 0.15) is 0 Å². The zero-order valence-electron chi connectivity index (χ0n) is 7.18. The van der Waals surface area contributed by atoms with E-state index in [4.69, 9.17) is 0 Å². The van der Waals surface area contributed by atoms with Crippen molar-refractivity contribution in [2.75, 3.05) is 0 Å². The number of amides is 1. The summed E-state index contributed by atoms with van der Waals surface area (Å²) in [4.78, 5) is 14.8. The molecule has 0 aliphatic rings. The Kier molecular flexibility index (Phi) is 3.10. The minimum atomic E-state index is -4.82. The molecule has 0 fully saturated rings. The second kappa shape index (κ2) is 3.95. The summed E-state index contributed by atoms with van der Waals surface area (Å²) in [7, 11) is 0. The molecular formula is C7H7F3N2OS. The van der Waals surface area contributed by atoms with E-state index in [0.717, 1.165) is 5.01 Å². The van der Waals surface area contributed by atoms with Crippen molar-refractivity contribution in [2.45, 2.75) is 19.6 Å². The van der Waals surface area contributed by atoms with Crippen LogP contribution in [0.5, 0.6) is 0 Å². The van der Waals surface area contributed by atoms with Crippen LogP contribution in [0.15, 0.2) is 6.20 Å². The quantitative estimate of drug-likeness (QED) is 0.829. The Labute approximate surface area is 82.0 Å². The summed E-state index contributed by atoms with van der Waals surface area (Å²) < 4.78 is 35.2. The third-order valence-electron chi connectivity index (χ3n) is 1.35. The third-order valence-corrected chi connectivity index (χ3v) is 2.26. The zero-order chi connectivity index (χ0) is 10.8. The fourth-order valence-corrected chi connectivity index (χ4v) is 1.49. The highest BCUT2D eigenvalue weighted by molar-refractivity contribution is 7.11. The fraction of sp³-hybridized carbons (Fsp3) is 0.429. The molecule has 14 heavy (non-hydrogen) atoms. The van der Waals surface area contributed by atoms with Gasteiger partial charge >= 0.3 is 12.1 Å². The minimum absolute atomic E-state index is 0.135. The summed E-state index contributed by atoms with van der Waals surface area (Å²) in [6, 6.07) is 0. The van der Waals surface area contributed by atoms with E-state index in [-0.39, 0.29) is 6.54 Å². The van der Waals surface area contributed by atoms with Gasteiger partial charge < -0.3 is 5.32 Å². The van der Waals surface area contributed by atoms with Crippen molar-refractivity contribution in [2.24, 2.45) is 0 Å². The first-order valence-corrected chi connectivity index (χ1v) is 4.47. The second-order valence-corrected chi connectivity index (χ2v) is 3.85. The van der Waals surface area contributed by atoms with Gasteiger partial charge in [0, 0.05) is 11.1 Å². The average molecular weight is 224 g/mol. The van der Waals surface area contributed by atoms with Crippen molar-refractivity contribution < 1.29 is 18.0 Å². The molecule has 1 amide bonds. The molecular weight excluding hydrogens is 217 g/mol. The molecule has 0 saturated carbocycles. The largest absolute Gasteiger partial charge is 0.471 e. The first kappa shape index (κ1) is 11.0. The van der Waals surface area contributed by atoms with E-state index in [0.29, 0.717) is 4.88 Å². The van der Waals surface area contributed by atoms with Crippen LogP contribution in [0.3, 0.4) is 0 Å². The molecule has 0 atom stereocenters. The van der Waals surface area contributed by atoms with Gasteiger partial charge in [0.25, 0.3) is 0 Å². The Hall–Kier alpha value is -1.11. The normalized spacial score (nSPS) is 11.4. The average Bonchev–Trinajstić information content (AvgIpc) is 2.45. The summed E-state index contributed by atoms with van der Waals surface area (Å²) in [6.07, 6.45) is -3.38. The summed E-state index contributed by atoms with van der Waals surface area (Å²) in [5.74, 6) is -1.93. The Morgan fingerprint density at radius 2 is 2.29 bits per heavy atom. The molecule has 0 spiro atoms. The Bertz CT molecular complexity index is 334. The van der Waals surface area contributed by atoms with E-state index in [2.05, 4.69) is 4.98 Å². The highest BCUT2D eigenvalue weighted by Gasteiger charge is 2.38. The third kappa shape index (κ3) is 2.99. The lowest BCUT2D eigenvalue weighted by Crippen LogP contribution is -2.36. The van der Waals surface area contributed by atoms with Crippen LogP contribution in [0.25, 0.3) is 0 Å². The van der Waals surface area contributed by atoms with Gasteiger partial charge in [-0.25, -0.2) is 4.98 Å². The number of alkyl halides is 3. The van der Waals surface area contributed by atoms with Crippen molar-refractivity contribution >= 4 is 17.2 Å². The lowest BCUT2D eigenvalue weighted by molar-refractivity contribution is -0.173. The van der Waals surface area contributed by atoms with E-state index in [9.17, 15) is 18.0 Å². The van der Waals surface area contributed by atoms with Gasteiger partial charge in [-0.1, -0.05) is 0 Å². The number of carbonyl (C=O) groups excluding carboxylic acids is 1. The van der Waals surface area contributed by atoms with Crippen LogP contribution >= 0.6 is 11.3 Å². The Morgan fingerprint density at radius 1 is 1.64 bits per heavy atom. The van der Waals surface area contributed by atoms with Crippen molar-refractivity contribution in [1.82, 2.24) is 10.3 Å². The van der Waals surface area contributed by atoms with Crippen molar-refractivity contribution in [1.29, 1.82) is 0 Å². The fourth-order valence-electron chi connectivity index (χ4n) is 0.755. The van der Waals surface area contributed by atoms with Gasteiger partial charge in [0.15, 0.2) is 0 Å². The van der Waals surface area contributed by atoms with E-state index < -0.39 is 12.1 Å². The summed E-state index contributed by atoms with van der Waals surface area (Å²) in [5, 5.41) is 2.51. The molecule has 0 aromatic carbocycles. The summed E-state index contributed by atoms with van der Waals surface area (Å²) in [6.45, 7) is 1.60. The Balaban J connectivity index is 2.46. The summed E-state index contributed by atoms with van der Waals surface area (Å²) in [5.41, 5.74) is 0. The number of hydrogen-bond donors (Lipinski definition) is 1. The number of rotatable bonds is 2. The molecule has 0 aliphatic carbocycles. The van der Waals surface area contributed by atoms with Gasteiger partial charge in [0.05, 0.1) is 11.6 Å². The lowest BCUT2D eigenvalue weighted by atomic mass is 10.5. The predicted octanol–water partition coefficient (Wildman–Crippen LogP) is 1.63. The number of aromatic nitrogens is 1. The van der Waals surface area contributed by atoms with E-state index in [1.165, 1.54) is 17.5 Å². The number of hydrogen-bond acceptors (Lipinski definition) is 3. The highest BCUT2D eigenvalue weighted by Crippen LogP contribution is 2.15.